The van der Waals surface area contributed by atoms with Crippen LogP contribution in [0.2, 0.25) is 0 Å². The highest BCUT2D eigenvalue weighted by Crippen LogP contribution is 2.35. The quantitative estimate of drug-likeness (QED) is 0.427. The lowest BCUT2D eigenvalue weighted by atomic mass is 10.1. The Kier molecular flexibility index (Phi) is 5.16. The maximum absolute atomic E-state index is 13.1. The van der Waals surface area contributed by atoms with E-state index in [2.05, 4.69) is 20.6 Å². The van der Waals surface area contributed by atoms with Gasteiger partial charge in [0.15, 0.2) is 0 Å². The number of carbonyl (C=O) groups excluding carboxylic acids is 1. The van der Waals surface area contributed by atoms with Crippen LogP contribution >= 0.6 is 23.1 Å². The molecule has 0 spiro atoms. The van der Waals surface area contributed by atoms with Gasteiger partial charge in [0, 0.05) is 11.3 Å². The molecule has 0 aliphatic carbocycles. The Morgan fingerprint density at radius 3 is 2.83 bits per heavy atom. The first kappa shape index (κ1) is 18.8. The topological polar surface area (TPSA) is 89.4 Å². The number of thioether (sulfide) groups is 1. The van der Waals surface area contributed by atoms with Crippen molar-refractivity contribution in [1.82, 2.24) is 25.2 Å². The van der Waals surface area contributed by atoms with Crippen molar-refractivity contribution in [2.45, 2.75) is 17.6 Å². The molecule has 1 aliphatic rings. The van der Waals surface area contributed by atoms with E-state index >= 15 is 0 Å². The fraction of sp³-hybridized carbons (Fsp3) is 0.150. The smallest absolute Gasteiger partial charge is 0.253 e. The number of furan rings is 1. The van der Waals surface area contributed by atoms with Gasteiger partial charge in [-0.1, -0.05) is 36.0 Å². The molecule has 30 heavy (non-hydrogen) atoms. The third kappa shape index (κ3) is 3.66. The molecule has 1 aliphatic heterocycles. The van der Waals surface area contributed by atoms with E-state index in [9.17, 15) is 4.79 Å². The number of hydrazone groups is 1. The van der Waals surface area contributed by atoms with Gasteiger partial charge in [-0.25, -0.2) is 5.01 Å². The monoisotopic (exact) mass is 436 g/mol. The summed E-state index contributed by atoms with van der Waals surface area (Å²) in [7, 11) is 0. The van der Waals surface area contributed by atoms with Gasteiger partial charge >= 0.3 is 0 Å². The van der Waals surface area contributed by atoms with Gasteiger partial charge in [-0.3, -0.25) is 4.79 Å². The molecule has 0 unspecified atom stereocenters. The van der Waals surface area contributed by atoms with E-state index < -0.39 is 0 Å². The predicted octanol–water partition coefficient (Wildman–Crippen LogP) is 3.79. The van der Waals surface area contributed by atoms with Crippen LogP contribution < -0.4 is 0 Å². The molecule has 1 aromatic carbocycles. The van der Waals surface area contributed by atoms with Gasteiger partial charge in [-0.15, -0.1) is 16.4 Å². The molecule has 4 aromatic rings. The van der Waals surface area contributed by atoms with Crippen molar-refractivity contribution in [2.75, 3.05) is 5.75 Å². The number of hydrogen-bond donors (Lipinski definition) is 0. The van der Waals surface area contributed by atoms with Crippen LogP contribution in [0.4, 0.5) is 0 Å². The van der Waals surface area contributed by atoms with E-state index in [-0.39, 0.29) is 17.7 Å². The standard InChI is InChI=1S/C20H16N6O2S2/c27-19(13-30-20-21-23-24-25(20)14-6-2-1-3-7-14)26-16(18-9-5-11-29-18)12-15(22-26)17-8-4-10-28-17/h1-11,16H,12-13H2/t16-/m1/s1. The van der Waals surface area contributed by atoms with Crippen LogP contribution in [-0.4, -0.2) is 42.6 Å². The lowest BCUT2D eigenvalue weighted by Gasteiger charge is -2.20. The van der Waals surface area contributed by atoms with Gasteiger partial charge in [0.1, 0.15) is 11.5 Å². The average Bonchev–Trinajstić information content (AvgIpc) is 3.57. The van der Waals surface area contributed by atoms with E-state index in [1.54, 1.807) is 27.3 Å². The third-order valence-electron chi connectivity index (χ3n) is 4.61. The zero-order valence-electron chi connectivity index (χ0n) is 15.7. The van der Waals surface area contributed by atoms with Crippen LogP contribution in [0.5, 0.6) is 0 Å². The summed E-state index contributed by atoms with van der Waals surface area (Å²) in [4.78, 5) is 14.2. The fourth-order valence-electron chi connectivity index (χ4n) is 3.23. The zero-order chi connectivity index (χ0) is 20.3. The summed E-state index contributed by atoms with van der Waals surface area (Å²) in [6, 6.07) is 17.1. The molecule has 5 rings (SSSR count). The molecule has 8 nitrogen and oxygen atoms in total. The molecule has 1 atom stereocenters. The number of amides is 1. The normalized spacial score (nSPS) is 16.1. The van der Waals surface area contributed by atoms with Crippen LogP contribution in [0, 0.1) is 0 Å². The van der Waals surface area contributed by atoms with E-state index in [4.69, 9.17) is 4.42 Å². The summed E-state index contributed by atoms with van der Waals surface area (Å²) in [5.41, 5.74) is 1.61. The molecule has 1 amide bonds. The molecular weight excluding hydrogens is 420 g/mol. The minimum Gasteiger partial charge on any atom is -0.463 e. The first-order valence-corrected chi connectivity index (χ1v) is 11.1. The molecule has 150 valence electrons. The van der Waals surface area contributed by atoms with Crippen LogP contribution in [-0.2, 0) is 4.79 Å². The number of benzene rings is 1. The van der Waals surface area contributed by atoms with Gasteiger partial charge in [0.25, 0.3) is 5.91 Å². The summed E-state index contributed by atoms with van der Waals surface area (Å²) in [5, 5.41) is 20.6. The van der Waals surface area contributed by atoms with Crippen LogP contribution in [0.1, 0.15) is 23.1 Å². The number of rotatable bonds is 6. The lowest BCUT2D eigenvalue weighted by Crippen LogP contribution is -2.28. The molecule has 10 heteroatoms. The van der Waals surface area contributed by atoms with Crippen molar-refractivity contribution in [2.24, 2.45) is 5.10 Å². The summed E-state index contributed by atoms with van der Waals surface area (Å²) < 4.78 is 7.12. The minimum atomic E-state index is -0.136. The van der Waals surface area contributed by atoms with Gasteiger partial charge in [0.2, 0.25) is 5.16 Å². The number of tetrazole rings is 1. The van der Waals surface area contributed by atoms with E-state index in [0.29, 0.717) is 17.3 Å². The van der Waals surface area contributed by atoms with Crippen molar-refractivity contribution in [3.63, 3.8) is 0 Å². The lowest BCUT2D eigenvalue weighted by molar-refractivity contribution is -0.130. The molecule has 0 saturated heterocycles. The molecule has 3 aromatic heterocycles. The second-order valence-corrected chi connectivity index (χ2v) is 8.42. The minimum absolute atomic E-state index is 0.109. The van der Waals surface area contributed by atoms with Crippen molar-refractivity contribution in [3.8, 4) is 5.69 Å². The third-order valence-corrected chi connectivity index (χ3v) is 6.49. The summed E-state index contributed by atoms with van der Waals surface area (Å²) in [6.45, 7) is 0. The van der Waals surface area contributed by atoms with Crippen LogP contribution in [0.3, 0.4) is 0 Å². The Labute approximate surface area is 180 Å². The highest BCUT2D eigenvalue weighted by atomic mass is 32.2. The van der Waals surface area contributed by atoms with Gasteiger partial charge in [-0.2, -0.15) is 9.78 Å². The Hall–Kier alpha value is -3.24. The molecule has 0 saturated carbocycles. The molecular formula is C20H16N6O2S2. The van der Waals surface area contributed by atoms with Crippen molar-refractivity contribution in [3.05, 3.63) is 76.9 Å². The largest absolute Gasteiger partial charge is 0.463 e. The number of hydrogen-bond acceptors (Lipinski definition) is 8. The molecule has 4 heterocycles. The number of para-hydroxylation sites is 1. The molecule has 0 radical (unpaired) electrons. The van der Waals surface area contributed by atoms with E-state index in [1.165, 1.54) is 11.8 Å². The first-order valence-electron chi connectivity index (χ1n) is 9.23. The zero-order valence-corrected chi connectivity index (χ0v) is 17.3. The maximum atomic E-state index is 13.1. The molecule has 0 N–H and O–H groups in total. The van der Waals surface area contributed by atoms with Crippen molar-refractivity contribution >= 4 is 34.7 Å². The van der Waals surface area contributed by atoms with Gasteiger partial charge < -0.3 is 4.42 Å². The van der Waals surface area contributed by atoms with Gasteiger partial charge in [-0.05, 0) is 46.1 Å². The average molecular weight is 437 g/mol. The second kappa shape index (κ2) is 8.25. The Bertz CT molecular complexity index is 1160. The van der Waals surface area contributed by atoms with Crippen molar-refractivity contribution in [1.29, 1.82) is 0 Å². The number of aromatic nitrogens is 4. The summed E-state index contributed by atoms with van der Waals surface area (Å²) in [6.07, 6.45) is 2.23. The van der Waals surface area contributed by atoms with Gasteiger partial charge in [0.05, 0.1) is 23.7 Å². The van der Waals surface area contributed by atoms with Crippen molar-refractivity contribution < 1.29 is 9.21 Å². The Morgan fingerprint density at radius 1 is 1.17 bits per heavy atom. The summed E-state index contributed by atoms with van der Waals surface area (Å²) >= 11 is 2.90. The Morgan fingerprint density at radius 2 is 2.07 bits per heavy atom. The molecule has 0 fully saturated rings. The number of nitrogens with zero attached hydrogens (tertiary/aromatic N) is 6. The highest BCUT2D eigenvalue weighted by molar-refractivity contribution is 7.99. The number of thiophene rings is 1. The number of carbonyl (C=O) groups is 1. The Balaban J connectivity index is 1.35. The van der Waals surface area contributed by atoms with E-state index in [1.807, 2.05) is 60.0 Å². The molecule has 0 bridgehead atoms. The predicted molar refractivity (Wildman–Crippen MR) is 114 cm³/mol. The fourth-order valence-corrected chi connectivity index (χ4v) is 4.78. The summed E-state index contributed by atoms with van der Waals surface area (Å²) in [5.74, 6) is 0.749. The maximum Gasteiger partial charge on any atom is 0.253 e. The van der Waals surface area contributed by atoms with Crippen LogP contribution in [0.15, 0.2) is 80.9 Å². The second-order valence-electron chi connectivity index (χ2n) is 6.50. The van der Waals surface area contributed by atoms with Crippen LogP contribution in [0.25, 0.3) is 5.69 Å². The first-order chi connectivity index (χ1) is 14.8. The highest BCUT2D eigenvalue weighted by Gasteiger charge is 2.34. The van der Waals surface area contributed by atoms with E-state index in [0.717, 1.165) is 16.3 Å². The SMILES string of the molecule is O=C(CSc1nnnn1-c1ccccc1)N1N=C(c2ccco2)C[C@@H]1c1cccs1.